The molecule has 0 bridgehead atoms. The summed E-state index contributed by atoms with van der Waals surface area (Å²) in [7, 11) is -2.41. The van der Waals surface area contributed by atoms with E-state index in [1.54, 1.807) is 67.8 Å². The lowest BCUT2D eigenvalue weighted by atomic mass is 10.2. The van der Waals surface area contributed by atoms with Crippen LogP contribution in [-0.4, -0.2) is 34.9 Å². The summed E-state index contributed by atoms with van der Waals surface area (Å²) in [5, 5.41) is 9.96. The summed E-state index contributed by atoms with van der Waals surface area (Å²) in [4.78, 5) is 16.2. The number of nitrogens with zero attached hydrogens (tertiary/aromatic N) is 1. The number of benzene rings is 3. The lowest BCUT2D eigenvalue weighted by molar-refractivity contribution is 0.382. The second-order valence-corrected chi connectivity index (χ2v) is 9.35. The molecule has 0 radical (unpaired) electrons. The summed E-state index contributed by atoms with van der Waals surface area (Å²) < 4.78 is 39.1. The standard InChI is InChI=1S/C24H23N3O6S/c1-32-18-7-9-19(10-8-18)33-20-11-13-21(14-12-20)34(30,31)27(15-17-5-3-2-4-6-17)16-22-23(28)26-24(29)25-22/h2-14,28H,15-16H2,1H3,(H2,25,26,29). The van der Waals surface area contributed by atoms with Crippen LogP contribution in [0, 0.1) is 0 Å². The molecule has 0 saturated carbocycles. The molecule has 9 nitrogen and oxygen atoms in total. The number of aromatic hydroxyl groups is 1. The number of methoxy groups -OCH3 is 1. The Morgan fingerprint density at radius 2 is 1.41 bits per heavy atom. The largest absolute Gasteiger partial charge is 0.497 e. The van der Waals surface area contributed by atoms with E-state index in [1.165, 1.54) is 16.4 Å². The average molecular weight is 482 g/mol. The van der Waals surface area contributed by atoms with Gasteiger partial charge in [-0.25, -0.2) is 13.2 Å². The second-order valence-electron chi connectivity index (χ2n) is 7.41. The van der Waals surface area contributed by atoms with Crippen molar-refractivity contribution in [1.82, 2.24) is 14.3 Å². The maximum Gasteiger partial charge on any atom is 0.326 e. The first kappa shape index (κ1) is 23.1. The van der Waals surface area contributed by atoms with Crippen LogP contribution in [-0.2, 0) is 23.1 Å². The summed E-state index contributed by atoms with van der Waals surface area (Å²) in [6.07, 6.45) is 0. The summed E-state index contributed by atoms with van der Waals surface area (Å²) in [5.74, 6) is 1.34. The second kappa shape index (κ2) is 9.86. The Morgan fingerprint density at radius 3 is 1.97 bits per heavy atom. The molecule has 0 aliphatic rings. The molecule has 4 aromatic rings. The van der Waals surface area contributed by atoms with Crippen LogP contribution in [0.1, 0.15) is 11.3 Å². The molecule has 3 N–H and O–H groups in total. The predicted octanol–water partition coefficient (Wildman–Crippen LogP) is 3.60. The Morgan fingerprint density at radius 1 is 0.824 bits per heavy atom. The molecule has 1 aromatic heterocycles. The number of aromatic amines is 2. The van der Waals surface area contributed by atoms with Gasteiger partial charge in [0, 0.05) is 6.54 Å². The van der Waals surface area contributed by atoms with Crippen LogP contribution in [0.4, 0.5) is 0 Å². The summed E-state index contributed by atoms with van der Waals surface area (Å²) in [6, 6.07) is 22.1. The Hall–Kier alpha value is -4.02. The van der Waals surface area contributed by atoms with Crippen molar-refractivity contribution in [3.63, 3.8) is 0 Å². The van der Waals surface area contributed by atoms with Gasteiger partial charge in [0.25, 0.3) is 0 Å². The van der Waals surface area contributed by atoms with Gasteiger partial charge in [-0.2, -0.15) is 4.31 Å². The fourth-order valence-electron chi connectivity index (χ4n) is 3.32. The molecule has 0 aliphatic carbocycles. The molecule has 176 valence electrons. The molecule has 0 spiro atoms. The van der Waals surface area contributed by atoms with Crippen molar-refractivity contribution in [2.24, 2.45) is 0 Å². The molecular weight excluding hydrogens is 458 g/mol. The number of ether oxygens (including phenoxy) is 2. The van der Waals surface area contributed by atoms with Crippen molar-refractivity contribution in [2.45, 2.75) is 18.0 Å². The van der Waals surface area contributed by atoms with Crippen LogP contribution in [0.2, 0.25) is 0 Å². The lowest BCUT2D eigenvalue weighted by Crippen LogP contribution is -2.30. The Balaban J connectivity index is 1.59. The zero-order valence-electron chi connectivity index (χ0n) is 18.3. The highest BCUT2D eigenvalue weighted by Crippen LogP contribution is 2.27. The third-order valence-corrected chi connectivity index (χ3v) is 6.88. The zero-order chi connectivity index (χ0) is 24.1. The van der Waals surface area contributed by atoms with Gasteiger partial charge < -0.3 is 19.6 Å². The van der Waals surface area contributed by atoms with E-state index in [9.17, 15) is 18.3 Å². The molecule has 1 heterocycles. The van der Waals surface area contributed by atoms with Gasteiger partial charge in [-0.3, -0.25) is 4.98 Å². The first-order valence-electron chi connectivity index (χ1n) is 10.3. The molecule has 34 heavy (non-hydrogen) atoms. The van der Waals surface area contributed by atoms with Gasteiger partial charge in [-0.1, -0.05) is 30.3 Å². The molecule has 0 amide bonds. The van der Waals surface area contributed by atoms with Gasteiger partial charge in [0.2, 0.25) is 15.9 Å². The first-order chi connectivity index (χ1) is 16.3. The number of imidazole rings is 1. The lowest BCUT2D eigenvalue weighted by Gasteiger charge is -2.22. The van der Waals surface area contributed by atoms with Crippen molar-refractivity contribution in [3.8, 4) is 23.1 Å². The summed E-state index contributed by atoms with van der Waals surface area (Å²) >= 11 is 0. The van der Waals surface area contributed by atoms with Crippen LogP contribution < -0.4 is 15.2 Å². The Labute approximate surface area is 196 Å². The number of aromatic nitrogens is 2. The fourth-order valence-corrected chi connectivity index (χ4v) is 4.72. The van der Waals surface area contributed by atoms with Gasteiger partial charge in [0.15, 0.2) is 0 Å². The quantitative estimate of drug-likeness (QED) is 0.336. The maximum atomic E-state index is 13.5. The van der Waals surface area contributed by atoms with Gasteiger partial charge in [0.05, 0.1) is 24.2 Å². The highest BCUT2D eigenvalue weighted by Gasteiger charge is 2.27. The third kappa shape index (κ3) is 5.30. The molecule has 0 unspecified atom stereocenters. The highest BCUT2D eigenvalue weighted by atomic mass is 32.2. The van der Waals surface area contributed by atoms with Crippen molar-refractivity contribution in [2.75, 3.05) is 7.11 Å². The highest BCUT2D eigenvalue weighted by molar-refractivity contribution is 7.89. The van der Waals surface area contributed by atoms with E-state index in [-0.39, 0.29) is 23.7 Å². The minimum Gasteiger partial charge on any atom is -0.497 e. The monoisotopic (exact) mass is 481 g/mol. The topological polar surface area (TPSA) is 125 Å². The van der Waals surface area contributed by atoms with Gasteiger partial charge in [0.1, 0.15) is 17.2 Å². The van der Waals surface area contributed by atoms with E-state index in [1.807, 2.05) is 6.07 Å². The van der Waals surface area contributed by atoms with E-state index >= 15 is 0 Å². The molecule has 10 heteroatoms. The number of rotatable bonds is 9. The molecule has 3 aromatic carbocycles. The molecule has 0 aliphatic heterocycles. The van der Waals surface area contributed by atoms with E-state index in [2.05, 4.69) is 9.97 Å². The average Bonchev–Trinajstić information content (AvgIpc) is 3.16. The van der Waals surface area contributed by atoms with Crippen LogP contribution in [0.15, 0.2) is 88.6 Å². The van der Waals surface area contributed by atoms with E-state index in [4.69, 9.17) is 9.47 Å². The number of nitrogens with one attached hydrogen (secondary N) is 2. The minimum atomic E-state index is -3.99. The number of hydrogen-bond acceptors (Lipinski definition) is 6. The minimum absolute atomic E-state index is 0.0416. The smallest absolute Gasteiger partial charge is 0.326 e. The van der Waals surface area contributed by atoms with E-state index < -0.39 is 21.6 Å². The van der Waals surface area contributed by atoms with Crippen molar-refractivity contribution >= 4 is 10.0 Å². The number of hydrogen-bond donors (Lipinski definition) is 3. The van der Waals surface area contributed by atoms with Crippen LogP contribution in [0.5, 0.6) is 23.1 Å². The normalized spacial score (nSPS) is 11.5. The SMILES string of the molecule is COc1ccc(Oc2ccc(S(=O)(=O)N(Cc3ccccc3)Cc3[nH]c(=O)[nH]c3O)cc2)cc1. The van der Waals surface area contributed by atoms with Gasteiger partial charge >= 0.3 is 5.69 Å². The molecular formula is C24H23N3O6S. The van der Waals surface area contributed by atoms with Crippen LogP contribution in [0.25, 0.3) is 0 Å². The zero-order valence-corrected chi connectivity index (χ0v) is 19.1. The van der Waals surface area contributed by atoms with Crippen molar-refractivity contribution in [3.05, 3.63) is 101 Å². The molecule has 0 saturated heterocycles. The van der Waals surface area contributed by atoms with Gasteiger partial charge in [-0.05, 0) is 54.1 Å². The van der Waals surface area contributed by atoms with Crippen molar-refractivity contribution < 1.29 is 23.0 Å². The Kier molecular flexibility index (Phi) is 6.71. The van der Waals surface area contributed by atoms with Crippen LogP contribution in [0.3, 0.4) is 0 Å². The predicted molar refractivity (Wildman–Crippen MR) is 125 cm³/mol. The number of sulfonamides is 1. The number of H-pyrrole nitrogens is 2. The third-order valence-electron chi connectivity index (χ3n) is 5.08. The van der Waals surface area contributed by atoms with Crippen LogP contribution >= 0.6 is 0 Å². The molecule has 0 fully saturated rings. The summed E-state index contributed by atoms with van der Waals surface area (Å²) in [5.41, 5.74) is 0.205. The first-order valence-corrected chi connectivity index (χ1v) is 11.8. The van der Waals surface area contributed by atoms with Gasteiger partial charge in [-0.15, -0.1) is 0 Å². The Bertz CT molecular complexity index is 1400. The fraction of sp³-hybridized carbons (Fsp3) is 0.125. The van der Waals surface area contributed by atoms with E-state index in [0.29, 0.717) is 17.2 Å². The maximum absolute atomic E-state index is 13.5. The molecule has 0 atom stereocenters. The summed E-state index contributed by atoms with van der Waals surface area (Å²) in [6.45, 7) is -0.189. The van der Waals surface area contributed by atoms with E-state index in [0.717, 1.165) is 5.56 Å². The van der Waals surface area contributed by atoms with Crippen molar-refractivity contribution in [1.29, 1.82) is 0 Å². The molecule has 4 rings (SSSR count).